The molecule has 0 saturated carbocycles. The normalized spacial score (nSPS) is 12.5. The third-order valence-electron chi connectivity index (χ3n) is 1.82. The molecule has 1 rings (SSSR count). The molecular weight excluding hydrogens is 168 g/mol. The average Bonchev–Trinajstić information content (AvgIpc) is 2.18. The van der Waals surface area contributed by atoms with Gasteiger partial charge in [-0.25, -0.2) is 0 Å². The van der Waals surface area contributed by atoms with E-state index < -0.39 is 6.10 Å². The molecule has 3 heteroatoms. The van der Waals surface area contributed by atoms with Crippen molar-refractivity contribution >= 4 is 0 Å². The quantitative estimate of drug-likeness (QED) is 0.716. The van der Waals surface area contributed by atoms with Gasteiger partial charge >= 0.3 is 0 Å². The van der Waals surface area contributed by atoms with E-state index >= 15 is 0 Å². The van der Waals surface area contributed by atoms with Gasteiger partial charge in [0.2, 0.25) is 0 Å². The highest BCUT2D eigenvalue weighted by molar-refractivity contribution is 5.28. The van der Waals surface area contributed by atoms with E-state index in [1.165, 1.54) is 0 Å². The molecule has 0 aliphatic heterocycles. The summed E-state index contributed by atoms with van der Waals surface area (Å²) in [4.78, 5) is 0. The molecule has 0 aliphatic rings. The lowest BCUT2D eigenvalue weighted by molar-refractivity contribution is 0.0955. The van der Waals surface area contributed by atoms with Crippen LogP contribution in [-0.2, 0) is 6.42 Å². The van der Waals surface area contributed by atoms with Crippen molar-refractivity contribution in [3.8, 4) is 5.75 Å². The molecular formula is C10H14O3. The molecule has 13 heavy (non-hydrogen) atoms. The van der Waals surface area contributed by atoms with Crippen molar-refractivity contribution in [1.82, 2.24) is 0 Å². The molecule has 0 radical (unpaired) electrons. The van der Waals surface area contributed by atoms with Crippen LogP contribution in [0.5, 0.6) is 5.75 Å². The third kappa shape index (κ3) is 3.05. The highest BCUT2D eigenvalue weighted by Gasteiger charge is 2.03. The Morgan fingerprint density at radius 3 is 2.85 bits per heavy atom. The minimum absolute atomic E-state index is 0.211. The Morgan fingerprint density at radius 1 is 1.46 bits per heavy atom. The zero-order chi connectivity index (χ0) is 9.68. The summed E-state index contributed by atoms with van der Waals surface area (Å²) in [5.74, 6) is 0.766. The minimum atomic E-state index is -0.688. The van der Waals surface area contributed by atoms with Gasteiger partial charge in [-0.1, -0.05) is 12.1 Å². The summed E-state index contributed by atoms with van der Waals surface area (Å²) in [6.07, 6.45) is -0.236. The monoisotopic (exact) mass is 182 g/mol. The molecule has 0 unspecified atom stereocenters. The molecule has 72 valence electrons. The zero-order valence-corrected chi connectivity index (χ0v) is 7.60. The van der Waals surface area contributed by atoms with E-state index in [1.54, 1.807) is 7.11 Å². The van der Waals surface area contributed by atoms with Crippen LogP contribution in [0.25, 0.3) is 0 Å². The van der Waals surface area contributed by atoms with Gasteiger partial charge in [-0.3, -0.25) is 0 Å². The van der Waals surface area contributed by atoms with Gasteiger partial charge in [0.1, 0.15) is 5.75 Å². The molecule has 0 aromatic heterocycles. The van der Waals surface area contributed by atoms with E-state index in [1.807, 2.05) is 24.3 Å². The predicted molar refractivity (Wildman–Crippen MR) is 49.8 cm³/mol. The summed E-state index contributed by atoms with van der Waals surface area (Å²) in [6, 6.07) is 7.44. The molecule has 2 N–H and O–H groups in total. The number of aliphatic hydroxyl groups excluding tert-OH is 2. The lowest BCUT2D eigenvalue weighted by atomic mass is 10.1. The maximum atomic E-state index is 9.18. The molecule has 0 saturated heterocycles. The van der Waals surface area contributed by atoms with Gasteiger partial charge in [-0.05, 0) is 17.7 Å². The maximum absolute atomic E-state index is 9.18. The van der Waals surface area contributed by atoms with Crippen LogP contribution in [-0.4, -0.2) is 30.0 Å². The molecule has 0 amide bonds. The Balaban J connectivity index is 2.66. The predicted octanol–water partition coefficient (Wildman–Crippen LogP) is 0.591. The number of benzene rings is 1. The number of methoxy groups -OCH3 is 1. The summed E-state index contributed by atoms with van der Waals surface area (Å²) in [7, 11) is 1.60. The van der Waals surface area contributed by atoms with E-state index in [9.17, 15) is 5.11 Å². The molecule has 0 bridgehead atoms. The Bertz CT molecular complexity index is 260. The van der Waals surface area contributed by atoms with E-state index in [0.717, 1.165) is 11.3 Å². The van der Waals surface area contributed by atoms with E-state index in [4.69, 9.17) is 9.84 Å². The fourth-order valence-electron chi connectivity index (χ4n) is 1.14. The van der Waals surface area contributed by atoms with Gasteiger partial charge in [0, 0.05) is 6.42 Å². The first-order valence-electron chi connectivity index (χ1n) is 4.18. The zero-order valence-electron chi connectivity index (χ0n) is 7.60. The number of rotatable bonds is 4. The van der Waals surface area contributed by atoms with Gasteiger partial charge in [0.25, 0.3) is 0 Å². The van der Waals surface area contributed by atoms with Gasteiger partial charge in [0.15, 0.2) is 0 Å². The van der Waals surface area contributed by atoms with Crippen molar-refractivity contribution < 1.29 is 14.9 Å². The second kappa shape index (κ2) is 4.84. The molecule has 0 fully saturated rings. The van der Waals surface area contributed by atoms with Crippen LogP contribution in [0.2, 0.25) is 0 Å². The Morgan fingerprint density at radius 2 is 2.23 bits per heavy atom. The Labute approximate surface area is 77.6 Å². The lowest BCUT2D eigenvalue weighted by Crippen LogP contribution is -2.14. The molecule has 1 aromatic rings. The Kier molecular flexibility index (Phi) is 3.73. The van der Waals surface area contributed by atoms with Crippen LogP contribution >= 0.6 is 0 Å². The molecule has 0 heterocycles. The SMILES string of the molecule is COc1cccc(C[C@@H](O)CO)c1. The van der Waals surface area contributed by atoms with Crippen molar-refractivity contribution in [3.05, 3.63) is 29.8 Å². The second-order valence-corrected chi connectivity index (χ2v) is 2.89. The summed E-state index contributed by atoms with van der Waals surface area (Å²) in [6.45, 7) is -0.211. The standard InChI is InChI=1S/C10H14O3/c1-13-10-4-2-3-8(6-10)5-9(12)7-11/h2-4,6,9,11-12H,5,7H2,1H3/t9-/m1/s1. The first kappa shape index (κ1) is 10.0. The number of hydrogen-bond acceptors (Lipinski definition) is 3. The maximum Gasteiger partial charge on any atom is 0.119 e. The third-order valence-corrected chi connectivity index (χ3v) is 1.82. The van der Waals surface area contributed by atoms with Crippen LogP contribution in [0, 0.1) is 0 Å². The number of aliphatic hydroxyl groups is 2. The van der Waals surface area contributed by atoms with Crippen LogP contribution in [0.1, 0.15) is 5.56 Å². The second-order valence-electron chi connectivity index (χ2n) is 2.89. The van der Waals surface area contributed by atoms with Crippen LogP contribution in [0.15, 0.2) is 24.3 Å². The highest BCUT2D eigenvalue weighted by atomic mass is 16.5. The van der Waals surface area contributed by atoms with Crippen molar-refractivity contribution in [2.24, 2.45) is 0 Å². The molecule has 3 nitrogen and oxygen atoms in total. The molecule has 0 spiro atoms. The van der Waals surface area contributed by atoms with E-state index in [2.05, 4.69) is 0 Å². The first-order chi connectivity index (χ1) is 6.26. The van der Waals surface area contributed by atoms with Crippen LogP contribution in [0.4, 0.5) is 0 Å². The lowest BCUT2D eigenvalue weighted by Gasteiger charge is -2.07. The molecule has 1 atom stereocenters. The van der Waals surface area contributed by atoms with Crippen LogP contribution in [0.3, 0.4) is 0 Å². The molecule has 1 aromatic carbocycles. The van der Waals surface area contributed by atoms with Crippen molar-refractivity contribution in [3.63, 3.8) is 0 Å². The summed E-state index contributed by atoms with van der Waals surface area (Å²) in [5.41, 5.74) is 0.959. The minimum Gasteiger partial charge on any atom is -0.497 e. The van der Waals surface area contributed by atoms with Crippen LogP contribution < -0.4 is 4.74 Å². The Hall–Kier alpha value is -1.06. The van der Waals surface area contributed by atoms with Gasteiger partial charge < -0.3 is 14.9 Å². The summed E-state index contributed by atoms with van der Waals surface area (Å²) in [5, 5.41) is 17.8. The fraction of sp³-hybridized carbons (Fsp3) is 0.400. The van der Waals surface area contributed by atoms with E-state index in [0.29, 0.717) is 6.42 Å². The van der Waals surface area contributed by atoms with E-state index in [-0.39, 0.29) is 6.61 Å². The molecule has 0 aliphatic carbocycles. The highest BCUT2D eigenvalue weighted by Crippen LogP contribution is 2.13. The first-order valence-corrected chi connectivity index (χ1v) is 4.18. The van der Waals surface area contributed by atoms with Crippen molar-refractivity contribution in [2.75, 3.05) is 13.7 Å². The fourth-order valence-corrected chi connectivity index (χ4v) is 1.14. The van der Waals surface area contributed by atoms with Crippen molar-refractivity contribution in [2.45, 2.75) is 12.5 Å². The smallest absolute Gasteiger partial charge is 0.119 e. The summed E-state index contributed by atoms with van der Waals surface area (Å²) >= 11 is 0. The van der Waals surface area contributed by atoms with Gasteiger partial charge in [-0.15, -0.1) is 0 Å². The number of hydrogen-bond donors (Lipinski definition) is 2. The summed E-state index contributed by atoms with van der Waals surface area (Å²) < 4.78 is 5.03. The van der Waals surface area contributed by atoms with Crippen molar-refractivity contribution in [1.29, 1.82) is 0 Å². The number of ether oxygens (including phenoxy) is 1. The van der Waals surface area contributed by atoms with Gasteiger partial charge in [-0.2, -0.15) is 0 Å². The topological polar surface area (TPSA) is 49.7 Å². The largest absolute Gasteiger partial charge is 0.497 e. The average molecular weight is 182 g/mol. The van der Waals surface area contributed by atoms with Gasteiger partial charge in [0.05, 0.1) is 19.8 Å².